The lowest BCUT2D eigenvalue weighted by atomic mass is 10.1. The highest BCUT2D eigenvalue weighted by Gasteiger charge is 2.16. The van der Waals surface area contributed by atoms with E-state index in [4.69, 9.17) is 15.1 Å². The molecule has 1 N–H and O–H groups in total. The molecule has 0 bridgehead atoms. The third kappa shape index (κ3) is 4.93. The van der Waals surface area contributed by atoms with Crippen LogP contribution in [0.4, 0.5) is 0 Å². The SMILES string of the molecule is CCOc1ccc(/C=C(/C#N)C(=O)N(CC)CCO)cc1. The number of amides is 1. The summed E-state index contributed by atoms with van der Waals surface area (Å²) in [5.74, 6) is 0.373. The lowest BCUT2D eigenvalue weighted by molar-refractivity contribution is -0.126. The Morgan fingerprint density at radius 2 is 2.05 bits per heavy atom. The van der Waals surface area contributed by atoms with E-state index in [-0.39, 0.29) is 24.6 Å². The fourth-order valence-corrected chi connectivity index (χ4v) is 1.83. The zero-order valence-corrected chi connectivity index (χ0v) is 12.4. The highest BCUT2D eigenvalue weighted by molar-refractivity contribution is 6.01. The second kappa shape index (κ2) is 8.77. The number of ether oxygens (including phenoxy) is 1. The van der Waals surface area contributed by atoms with Crippen LogP contribution in [0.1, 0.15) is 19.4 Å². The lowest BCUT2D eigenvalue weighted by Gasteiger charge is -2.18. The van der Waals surface area contributed by atoms with Gasteiger partial charge in [0.25, 0.3) is 5.91 Å². The number of aliphatic hydroxyl groups is 1. The van der Waals surface area contributed by atoms with Crippen LogP contribution < -0.4 is 4.74 Å². The molecule has 5 nitrogen and oxygen atoms in total. The Kier molecular flexibility index (Phi) is 6.99. The van der Waals surface area contributed by atoms with E-state index in [9.17, 15) is 4.79 Å². The maximum absolute atomic E-state index is 12.2. The second-order valence-electron chi connectivity index (χ2n) is 4.28. The van der Waals surface area contributed by atoms with Gasteiger partial charge in [-0.25, -0.2) is 0 Å². The number of carbonyl (C=O) groups is 1. The predicted octanol–water partition coefficient (Wildman–Crippen LogP) is 1.83. The molecule has 1 aromatic carbocycles. The first-order valence-electron chi connectivity index (χ1n) is 6.91. The van der Waals surface area contributed by atoms with Crippen molar-refractivity contribution in [2.45, 2.75) is 13.8 Å². The van der Waals surface area contributed by atoms with Crippen LogP contribution >= 0.6 is 0 Å². The minimum absolute atomic E-state index is 0.0504. The normalized spacial score (nSPS) is 10.9. The van der Waals surface area contributed by atoms with Crippen molar-refractivity contribution < 1.29 is 14.6 Å². The Morgan fingerprint density at radius 1 is 1.38 bits per heavy atom. The van der Waals surface area contributed by atoms with Crippen LogP contribution in [0, 0.1) is 11.3 Å². The monoisotopic (exact) mass is 288 g/mol. The Labute approximate surface area is 125 Å². The fraction of sp³-hybridized carbons (Fsp3) is 0.375. The summed E-state index contributed by atoms with van der Waals surface area (Å²) in [4.78, 5) is 13.6. The maximum Gasteiger partial charge on any atom is 0.264 e. The largest absolute Gasteiger partial charge is 0.494 e. The molecule has 0 aliphatic heterocycles. The van der Waals surface area contributed by atoms with Crippen molar-refractivity contribution in [1.82, 2.24) is 4.90 Å². The van der Waals surface area contributed by atoms with Crippen molar-refractivity contribution in [1.29, 1.82) is 5.26 Å². The number of hydrogen-bond donors (Lipinski definition) is 1. The number of hydrogen-bond acceptors (Lipinski definition) is 4. The number of nitrogens with zero attached hydrogens (tertiary/aromatic N) is 2. The van der Waals surface area contributed by atoms with E-state index in [0.29, 0.717) is 13.2 Å². The first-order valence-corrected chi connectivity index (χ1v) is 6.91. The number of likely N-dealkylation sites (N-methyl/N-ethyl adjacent to an activating group) is 1. The van der Waals surface area contributed by atoms with Crippen molar-refractivity contribution in [2.75, 3.05) is 26.3 Å². The number of aliphatic hydroxyl groups excluding tert-OH is 1. The molecule has 0 unspecified atom stereocenters. The molecule has 0 saturated carbocycles. The quantitative estimate of drug-likeness (QED) is 0.613. The van der Waals surface area contributed by atoms with Crippen LogP contribution in [-0.2, 0) is 4.79 Å². The average molecular weight is 288 g/mol. The van der Waals surface area contributed by atoms with Gasteiger partial charge in [-0.05, 0) is 37.6 Å². The van der Waals surface area contributed by atoms with E-state index in [1.54, 1.807) is 31.2 Å². The van der Waals surface area contributed by atoms with E-state index in [1.807, 2.05) is 13.0 Å². The molecule has 1 amide bonds. The van der Waals surface area contributed by atoms with Gasteiger partial charge in [-0.1, -0.05) is 12.1 Å². The summed E-state index contributed by atoms with van der Waals surface area (Å²) in [6, 6.07) is 9.08. The lowest BCUT2D eigenvalue weighted by Crippen LogP contribution is -2.34. The summed E-state index contributed by atoms with van der Waals surface area (Å²) >= 11 is 0. The molecule has 0 spiro atoms. The van der Waals surface area contributed by atoms with Gasteiger partial charge < -0.3 is 14.7 Å². The van der Waals surface area contributed by atoms with Crippen molar-refractivity contribution in [2.24, 2.45) is 0 Å². The molecule has 5 heteroatoms. The molecule has 21 heavy (non-hydrogen) atoms. The Bertz CT molecular complexity index is 529. The number of rotatable bonds is 7. The smallest absolute Gasteiger partial charge is 0.264 e. The molecule has 0 saturated heterocycles. The van der Waals surface area contributed by atoms with Gasteiger partial charge in [0.1, 0.15) is 17.4 Å². The summed E-state index contributed by atoms with van der Waals surface area (Å²) in [6.07, 6.45) is 1.54. The molecule has 0 radical (unpaired) electrons. The first-order chi connectivity index (χ1) is 10.2. The third-order valence-electron chi connectivity index (χ3n) is 2.89. The second-order valence-corrected chi connectivity index (χ2v) is 4.28. The Morgan fingerprint density at radius 3 is 2.52 bits per heavy atom. The summed E-state index contributed by atoms with van der Waals surface area (Å²) in [7, 11) is 0. The number of nitriles is 1. The predicted molar refractivity (Wildman–Crippen MR) is 80.5 cm³/mol. The Hall–Kier alpha value is -2.32. The van der Waals surface area contributed by atoms with Crippen molar-refractivity contribution in [3.05, 3.63) is 35.4 Å². The zero-order chi connectivity index (χ0) is 15.7. The third-order valence-corrected chi connectivity index (χ3v) is 2.89. The average Bonchev–Trinajstić information content (AvgIpc) is 2.51. The molecule has 0 atom stereocenters. The van der Waals surface area contributed by atoms with Crippen LogP contribution in [0.2, 0.25) is 0 Å². The molecule has 0 aliphatic rings. The van der Waals surface area contributed by atoms with Gasteiger partial charge in [0.2, 0.25) is 0 Å². The van der Waals surface area contributed by atoms with Crippen LogP contribution in [0.25, 0.3) is 6.08 Å². The highest BCUT2D eigenvalue weighted by atomic mass is 16.5. The summed E-state index contributed by atoms with van der Waals surface area (Å²) < 4.78 is 5.34. The molecule has 1 aromatic rings. The summed E-state index contributed by atoms with van der Waals surface area (Å²) in [5.41, 5.74) is 0.804. The first kappa shape index (κ1) is 16.7. The minimum atomic E-state index is -0.372. The van der Waals surface area contributed by atoms with E-state index >= 15 is 0 Å². The van der Waals surface area contributed by atoms with Crippen molar-refractivity contribution in [3.8, 4) is 11.8 Å². The van der Waals surface area contributed by atoms with E-state index in [0.717, 1.165) is 11.3 Å². The van der Waals surface area contributed by atoms with Gasteiger partial charge >= 0.3 is 0 Å². The van der Waals surface area contributed by atoms with Crippen molar-refractivity contribution in [3.63, 3.8) is 0 Å². The molecular weight excluding hydrogens is 268 g/mol. The highest BCUT2D eigenvalue weighted by Crippen LogP contribution is 2.15. The van der Waals surface area contributed by atoms with Crippen molar-refractivity contribution >= 4 is 12.0 Å². The van der Waals surface area contributed by atoms with Gasteiger partial charge in [-0.15, -0.1) is 0 Å². The minimum Gasteiger partial charge on any atom is -0.494 e. The molecule has 1 rings (SSSR count). The van der Waals surface area contributed by atoms with Crippen LogP contribution in [0.5, 0.6) is 5.75 Å². The molecule has 0 aliphatic carbocycles. The number of benzene rings is 1. The van der Waals surface area contributed by atoms with E-state index < -0.39 is 0 Å². The maximum atomic E-state index is 12.2. The van der Waals surface area contributed by atoms with Gasteiger partial charge in [-0.2, -0.15) is 5.26 Å². The van der Waals surface area contributed by atoms with Crippen LogP contribution in [0.15, 0.2) is 29.8 Å². The van der Waals surface area contributed by atoms with Crippen LogP contribution in [-0.4, -0.2) is 42.2 Å². The van der Waals surface area contributed by atoms with E-state index in [1.165, 1.54) is 11.0 Å². The van der Waals surface area contributed by atoms with Gasteiger partial charge in [0.15, 0.2) is 0 Å². The number of carbonyl (C=O) groups excluding carboxylic acids is 1. The molecular formula is C16H20N2O3. The standard InChI is InChI=1S/C16H20N2O3/c1-3-18(9-10-19)16(20)14(12-17)11-13-5-7-15(8-6-13)21-4-2/h5-8,11,19H,3-4,9-10H2,1-2H3/b14-11-. The van der Waals surface area contributed by atoms with Gasteiger partial charge in [-0.3, -0.25) is 4.79 Å². The Balaban J connectivity index is 2.92. The summed E-state index contributed by atoms with van der Waals surface area (Å²) in [6.45, 7) is 4.84. The van der Waals surface area contributed by atoms with Crippen LogP contribution in [0.3, 0.4) is 0 Å². The zero-order valence-electron chi connectivity index (χ0n) is 12.4. The topological polar surface area (TPSA) is 73.6 Å². The molecule has 112 valence electrons. The van der Waals surface area contributed by atoms with Gasteiger partial charge in [0, 0.05) is 13.1 Å². The molecule has 0 heterocycles. The summed E-state index contributed by atoms with van der Waals surface area (Å²) in [5, 5.41) is 18.1. The molecule has 0 aromatic heterocycles. The van der Waals surface area contributed by atoms with E-state index in [2.05, 4.69) is 0 Å². The molecule has 0 fully saturated rings. The fourth-order valence-electron chi connectivity index (χ4n) is 1.83. The van der Waals surface area contributed by atoms with Gasteiger partial charge in [0.05, 0.1) is 13.2 Å².